The van der Waals surface area contributed by atoms with Gasteiger partial charge in [0.25, 0.3) is 0 Å². The monoisotopic (exact) mass is 310 g/mol. The Morgan fingerprint density at radius 2 is 1.83 bits per heavy atom. The lowest BCUT2D eigenvalue weighted by Gasteiger charge is -2.35. The van der Waals surface area contributed by atoms with Gasteiger partial charge in [0.15, 0.2) is 0 Å². The highest BCUT2D eigenvalue weighted by atomic mass is 15.2. The first kappa shape index (κ1) is 14.9. The lowest BCUT2D eigenvalue weighted by molar-refractivity contribution is 0.153. The molecule has 1 aliphatic heterocycles. The molecule has 2 aliphatic rings. The molecule has 4 rings (SSSR count). The molecule has 0 bridgehead atoms. The van der Waals surface area contributed by atoms with Gasteiger partial charge in [-0.25, -0.2) is 9.97 Å². The number of likely N-dealkylation sites (tertiary alicyclic amines) is 1. The maximum Gasteiger partial charge on any atom is 0.138 e. The topological polar surface area (TPSA) is 34.0 Å². The van der Waals surface area contributed by atoms with E-state index in [1.54, 1.807) is 0 Å². The van der Waals surface area contributed by atoms with Crippen molar-refractivity contribution < 1.29 is 0 Å². The summed E-state index contributed by atoms with van der Waals surface area (Å²) in [6.07, 6.45) is 12.0. The van der Waals surface area contributed by atoms with Gasteiger partial charge >= 0.3 is 0 Å². The Morgan fingerprint density at radius 1 is 1.04 bits per heavy atom. The van der Waals surface area contributed by atoms with Crippen LogP contribution in [-0.4, -0.2) is 38.6 Å². The van der Waals surface area contributed by atoms with Gasteiger partial charge in [0.2, 0.25) is 0 Å². The van der Waals surface area contributed by atoms with Crippen molar-refractivity contribution in [2.45, 2.75) is 57.4 Å². The Balaban J connectivity index is 1.46. The first-order valence-electron chi connectivity index (χ1n) is 9.02. The molecule has 1 aliphatic carbocycles. The van der Waals surface area contributed by atoms with E-state index in [0.717, 1.165) is 17.7 Å². The van der Waals surface area contributed by atoms with Gasteiger partial charge in [-0.1, -0.05) is 18.9 Å². The fourth-order valence-electron chi connectivity index (χ4n) is 4.25. The molecule has 4 nitrogen and oxygen atoms in total. The van der Waals surface area contributed by atoms with Crippen LogP contribution in [0.5, 0.6) is 0 Å². The van der Waals surface area contributed by atoms with Gasteiger partial charge in [0.05, 0.1) is 0 Å². The molecule has 3 heterocycles. The highest BCUT2D eigenvalue weighted by Gasteiger charge is 2.28. The third kappa shape index (κ3) is 3.05. The Bertz CT molecular complexity index is 649. The van der Waals surface area contributed by atoms with Gasteiger partial charge in [0, 0.05) is 30.0 Å². The van der Waals surface area contributed by atoms with Crippen LogP contribution >= 0.6 is 0 Å². The second-order valence-electron chi connectivity index (χ2n) is 7.01. The van der Waals surface area contributed by atoms with Gasteiger partial charge in [-0.3, -0.25) is 4.57 Å². The SMILES string of the molecule is Cc1nccn1-c1cccc(C2CCN(C3CCCC3)CC2)n1. The molecule has 2 aromatic heterocycles. The van der Waals surface area contributed by atoms with E-state index >= 15 is 0 Å². The van der Waals surface area contributed by atoms with Crippen molar-refractivity contribution in [2.24, 2.45) is 0 Å². The first-order valence-corrected chi connectivity index (χ1v) is 9.02. The van der Waals surface area contributed by atoms with Gasteiger partial charge in [-0.15, -0.1) is 0 Å². The zero-order valence-corrected chi connectivity index (χ0v) is 14.0. The molecule has 23 heavy (non-hydrogen) atoms. The largest absolute Gasteiger partial charge is 0.300 e. The minimum Gasteiger partial charge on any atom is -0.300 e. The van der Waals surface area contributed by atoms with Crippen LogP contribution in [0.25, 0.3) is 5.82 Å². The molecule has 4 heteroatoms. The van der Waals surface area contributed by atoms with Crippen molar-refractivity contribution in [1.29, 1.82) is 0 Å². The second kappa shape index (κ2) is 6.44. The smallest absolute Gasteiger partial charge is 0.138 e. The molecule has 2 aromatic rings. The number of aromatic nitrogens is 3. The number of aryl methyl sites for hydroxylation is 1. The summed E-state index contributed by atoms with van der Waals surface area (Å²) in [5, 5.41) is 0. The fourth-order valence-corrected chi connectivity index (χ4v) is 4.25. The molecule has 0 radical (unpaired) electrons. The molecule has 122 valence electrons. The molecular formula is C19H26N4. The van der Waals surface area contributed by atoms with E-state index in [0.29, 0.717) is 5.92 Å². The molecule has 2 fully saturated rings. The highest BCUT2D eigenvalue weighted by Crippen LogP contribution is 2.32. The number of pyridine rings is 1. The van der Waals surface area contributed by atoms with Gasteiger partial charge in [0.1, 0.15) is 11.6 Å². The molecular weight excluding hydrogens is 284 g/mol. The van der Waals surface area contributed by atoms with E-state index in [-0.39, 0.29) is 0 Å². The Morgan fingerprint density at radius 3 is 2.52 bits per heavy atom. The van der Waals surface area contributed by atoms with Crippen molar-refractivity contribution in [2.75, 3.05) is 13.1 Å². The maximum absolute atomic E-state index is 4.93. The number of rotatable bonds is 3. The van der Waals surface area contributed by atoms with Crippen LogP contribution in [0.15, 0.2) is 30.6 Å². The van der Waals surface area contributed by atoms with Crippen LogP contribution in [0.2, 0.25) is 0 Å². The van der Waals surface area contributed by atoms with E-state index in [4.69, 9.17) is 4.98 Å². The zero-order valence-electron chi connectivity index (χ0n) is 14.0. The average molecular weight is 310 g/mol. The van der Waals surface area contributed by atoms with Crippen molar-refractivity contribution in [1.82, 2.24) is 19.4 Å². The Hall–Kier alpha value is -1.68. The van der Waals surface area contributed by atoms with E-state index in [1.165, 1.54) is 57.3 Å². The molecule has 1 saturated carbocycles. The quantitative estimate of drug-likeness (QED) is 0.867. The molecule has 1 saturated heterocycles. The molecule has 0 amide bonds. The number of nitrogens with zero attached hydrogens (tertiary/aromatic N) is 4. The van der Waals surface area contributed by atoms with Crippen LogP contribution in [0.3, 0.4) is 0 Å². The predicted molar refractivity (Wildman–Crippen MR) is 91.9 cm³/mol. The number of imidazole rings is 1. The average Bonchev–Trinajstić information content (AvgIpc) is 3.27. The van der Waals surface area contributed by atoms with E-state index in [2.05, 4.69) is 32.7 Å². The normalized spacial score (nSPS) is 21.1. The van der Waals surface area contributed by atoms with Crippen molar-refractivity contribution in [3.05, 3.63) is 42.1 Å². The molecule has 0 atom stereocenters. The summed E-state index contributed by atoms with van der Waals surface area (Å²) in [6.45, 7) is 4.51. The lowest BCUT2D eigenvalue weighted by atomic mass is 9.92. The highest BCUT2D eigenvalue weighted by molar-refractivity contribution is 5.28. The zero-order chi connectivity index (χ0) is 15.6. The van der Waals surface area contributed by atoms with E-state index < -0.39 is 0 Å². The van der Waals surface area contributed by atoms with Crippen molar-refractivity contribution in [3.63, 3.8) is 0 Å². The van der Waals surface area contributed by atoms with Crippen LogP contribution < -0.4 is 0 Å². The summed E-state index contributed by atoms with van der Waals surface area (Å²) in [5.41, 5.74) is 1.25. The number of hydrogen-bond acceptors (Lipinski definition) is 3. The standard InChI is InChI=1S/C19H26N4/c1-15-20-11-14-23(15)19-8-4-7-18(21-19)16-9-12-22(13-10-16)17-5-2-3-6-17/h4,7-8,11,14,16-17H,2-3,5-6,9-10,12-13H2,1H3. The minimum absolute atomic E-state index is 0.608. The van der Waals surface area contributed by atoms with Crippen LogP contribution in [0.1, 0.15) is 56.0 Å². The summed E-state index contributed by atoms with van der Waals surface area (Å²) in [4.78, 5) is 12.0. The number of piperidine rings is 1. The summed E-state index contributed by atoms with van der Waals surface area (Å²) >= 11 is 0. The lowest BCUT2D eigenvalue weighted by Crippen LogP contribution is -2.39. The van der Waals surface area contributed by atoms with Crippen molar-refractivity contribution in [3.8, 4) is 5.82 Å². The fraction of sp³-hybridized carbons (Fsp3) is 0.579. The third-order valence-corrected chi connectivity index (χ3v) is 5.62. The van der Waals surface area contributed by atoms with Gasteiger partial charge in [-0.2, -0.15) is 0 Å². The molecule has 0 spiro atoms. The van der Waals surface area contributed by atoms with Crippen LogP contribution in [0, 0.1) is 6.92 Å². The Labute approximate surface area is 138 Å². The summed E-state index contributed by atoms with van der Waals surface area (Å²) < 4.78 is 2.07. The summed E-state index contributed by atoms with van der Waals surface area (Å²) in [5.74, 6) is 2.60. The molecule has 0 N–H and O–H groups in total. The van der Waals surface area contributed by atoms with Crippen LogP contribution in [0.4, 0.5) is 0 Å². The van der Waals surface area contributed by atoms with Gasteiger partial charge < -0.3 is 4.90 Å². The maximum atomic E-state index is 4.93. The summed E-state index contributed by atoms with van der Waals surface area (Å²) in [7, 11) is 0. The van der Waals surface area contributed by atoms with Crippen LogP contribution in [-0.2, 0) is 0 Å². The number of hydrogen-bond donors (Lipinski definition) is 0. The second-order valence-corrected chi connectivity index (χ2v) is 7.01. The molecule has 0 unspecified atom stereocenters. The molecule has 0 aromatic carbocycles. The summed E-state index contributed by atoms with van der Waals surface area (Å²) in [6, 6.07) is 7.28. The third-order valence-electron chi connectivity index (χ3n) is 5.62. The van der Waals surface area contributed by atoms with Crippen molar-refractivity contribution >= 4 is 0 Å². The van der Waals surface area contributed by atoms with Gasteiger partial charge in [-0.05, 0) is 57.8 Å². The predicted octanol–water partition coefficient (Wildman–Crippen LogP) is 3.70. The first-order chi connectivity index (χ1) is 11.3. The van der Waals surface area contributed by atoms with E-state index in [9.17, 15) is 0 Å². The Kier molecular flexibility index (Phi) is 4.17. The minimum atomic E-state index is 0.608. The van der Waals surface area contributed by atoms with E-state index in [1.807, 2.05) is 19.3 Å².